The predicted molar refractivity (Wildman–Crippen MR) is 61.2 cm³/mol. The molecule has 0 saturated carbocycles. The van der Waals surface area contributed by atoms with E-state index in [4.69, 9.17) is 5.11 Å². The fraction of sp³-hybridized carbons (Fsp3) is 0.273. The van der Waals surface area contributed by atoms with Gasteiger partial charge in [0, 0.05) is 19.0 Å². The summed E-state index contributed by atoms with van der Waals surface area (Å²) in [5, 5.41) is 19.4. The average molecular weight is 268 g/mol. The number of nitrogens with zero attached hydrogens (tertiary/aromatic N) is 2. The van der Waals surface area contributed by atoms with Crippen LogP contribution < -0.4 is 4.90 Å². The number of amides is 1. The molecule has 7 nitrogen and oxygen atoms in total. The van der Waals surface area contributed by atoms with Gasteiger partial charge in [-0.25, -0.2) is 0 Å². The summed E-state index contributed by atoms with van der Waals surface area (Å²) in [6.07, 6.45) is -0.166. The molecule has 1 aromatic carbocycles. The number of hydrogen-bond acceptors (Lipinski definition) is 4. The molecule has 0 radical (unpaired) electrons. The molecule has 1 saturated heterocycles. The lowest BCUT2D eigenvalue weighted by Crippen LogP contribution is -2.25. The van der Waals surface area contributed by atoms with Gasteiger partial charge in [0.1, 0.15) is 0 Å². The van der Waals surface area contributed by atoms with E-state index in [0.717, 1.165) is 17.0 Å². The molecular formula is C11H9FN2O5. The fourth-order valence-electron chi connectivity index (χ4n) is 1.93. The van der Waals surface area contributed by atoms with Gasteiger partial charge < -0.3 is 10.0 Å². The molecule has 19 heavy (non-hydrogen) atoms. The van der Waals surface area contributed by atoms with E-state index in [1.807, 2.05) is 0 Å². The summed E-state index contributed by atoms with van der Waals surface area (Å²) in [6, 6.07) is 3.02. The first kappa shape index (κ1) is 12.9. The molecular weight excluding hydrogens is 259 g/mol. The summed E-state index contributed by atoms with van der Waals surface area (Å²) in [5.41, 5.74) is -0.620. The van der Waals surface area contributed by atoms with E-state index in [9.17, 15) is 24.1 Å². The maximum Gasteiger partial charge on any atom is 0.308 e. The van der Waals surface area contributed by atoms with E-state index < -0.39 is 34.2 Å². The van der Waals surface area contributed by atoms with Crippen molar-refractivity contribution in [3.63, 3.8) is 0 Å². The Morgan fingerprint density at radius 1 is 1.53 bits per heavy atom. The third-order valence-corrected chi connectivity index (χ3v) is 2.91. The standard InChI is InChI=1S/C11H9FN2O5/c12-8-2-1-7(4-9(8)14(18)19)13-5-6(11(16)17)3-10(13)15/h1-2,4,6H,3,5H2,(H,16,17). The number of benzene rings is 1. The van der Waals surface area contributed by atoms with E-state index in [2.05, 4.69) is 0 Å². The Bertz CT molecular complexity index is 574. The number of carboxylic acid groups (broad SMARTS) is 1. The van der Waals surface area contributed by atoms with Crippen LogP contribution in [0.1, 0.15) is 6.42 Å². The zero-order valence-corrected chi connectivity index (χ0v) is 9.58. The number of carbonyl (C=O) groups is 2. The van der Waals surface area contributed by atoms with Gasteiger partial charge in [-0.15, -0.1) is 0 Å². The highest BCUT2D eigenvalue weighted by atomic mass is 19.1. The first-order valence-electron chi connectivity index (χ1n) is 5.37. The van der Waals surface area contributed by atoms with Crippen LogP contribution in [0.2, 0.25) is 0 Å². The smallest absolute Gasteiger partial charge is 0.308 e. The number of hydrogen-bond donors (Lipinski definition) is 1. The third kappa shape index (κ3) is 2.37. The first-order valence-corrected chi connectivity index (χ1v) is 5.37. The van der Waals surface area contributed by atoms with Crippen LogP contribution in [0.25, 0.3) is 0 Å². The van der Waals surface area contributed by atoms with Gasteiger partial charge in [0.2, 0.25) is 11.7 Å². The topological polar surface area (TPSA) is 101 Å². The molecule has 1 N–H and O–H groups in total. The summed E-state index contributed by atoms with van der Waals surface area (Å²) in [6.45, 7) is -0.0725. The minimum atomic E-state index is -1.10. The van der Waals surface area contributed by atoms with Gasteiger partial charge in [0.15, 0.2) is 0 Å². The van der Waals surface area contributed by atoms with E-state index in [1.165, 1.54) is 6.07 Å². The molecule has 0 spiro atoms. The Morgan fingerprint density at radius 2 is 2.21 bits per heavy atom. The van der Waals surface area contributed by atoms with Crippen molar-refractivity contribution in [2.75, 3.05) is 11.4 Å². The zero-order valence-electron chi connectivity index (χ0n) is 9.58. The quantitative estimate of drug-likeness (QED) is 0.655. The lowest BCUT2D eigenvalue weighted by molar-refractivity contribution is -0.387. The first-order chi connectivity index (χ1) is 8.90. The predicted octanol–water partition coefficient (Wildman–Crippen LogP) is 1.17. The highest BCUT2D eigenvalue weighted by molar-refractivity contribution is 5.99. The second-order valence-corrected chi connectivity index (χ2v) is 4.14. The molecule has 1 aliphatic heterocycles. The SMILES string of the molecule is O=C(O)C1CC(=O)N(c2ccc(F)c([N+](=O)[O-])c2)C1. The number of halogens is 1. The zero-order chi connectivity index (χ0) is 14.2. The van der Waals surface area contributed by atoms with Crippen molar-refractivity contribution >= 4 is 23.3 Å². The lowest BCUT2D eigenvalue weighted by atomic mass is 10.1. The van der Waals surface area contributed by atoms with Crippen LogP contribution in [0, 0.1) is 21.8 Å². The van der Waals surface area contributed by atoms with Crippen LogP contribution in [0.5, 0.6) is 0 Å². The Morgan fingerprint density at radius 3 is 2.74 bits per heavy atom. The second kappa shape index (κ2) is 4.63. The van der Waals surface area contributed by atoms with Crippen molar-refractivity contribution in [2.24, 2.45) is 5.92 Å². The van der Waals surface area contributed by atoms with E-state index in [0.29, 0.717) is 0 Å². The molecule has 2 rings (SSSR count). The van der Waals surface area contributed by atoms with Crippen LogP contribution in [0.3, 0.4) is 0 Å². The number of anilines is 1. The summed E-state index contributed by atoms with van der Waals surface area (Å²) >= 11 is 0. The van der Waals surface area contributed by atoms with Crippen molar-refractivity contribution in [3.05, 3.63) is 34.1 Å². The van der Waals surface area contributed by atoms with Crippen LogP contribution in [0.4, 0.5) is 15.8 Å². The van der Waals surface area contributed by atoms with Gasteiger partial charge in [0.05, 0.1) is 16.5 Å². The lowest BCUT2D eigenvalue weighted by Gasteiger charge is -2.15. The maximum absolute atomic E-state index is 13.2. The molecule has 1 unspecified atom stereocenters. The Hall–Kier alpha value is -2.51. The highest BCUT2D eigenvalue weighted by Crippen LogP contribution is 2.29. The summed E-state index contributed by atoms with van der Waals surface area (Å²) < 4.78 is 13.2. The van der Waals surface area contributed by atoms with Crippen molar-refractivity contribution in [3.8, 4) is 0 Å². The number of nitro groups is 1. The van der Waals surface area contributed by atoms with Gasteiger partial charge in [-0.1, -0.05) is 0 Å². The van der Waals surface area contributed by atoms with Gasteiger partial charge in [-0.05, 0) is 12.1 Å². The van der Waals surface area contributed by atoms with E-state index >= 15 is 0 Å². The van der Waals surface area contributed by atoms with E-state index in [1.54, 1.807) is 0 Å². The van der Waals surface area contributed by atoms with Gasteiger partial charge in [0.25, 0.3) is 0 Å². The Kier molecular flexibility index (Phi) is 3.16. The molecule has 0 bridgehead atoms. The highest BCUT2D eigenvalue weighted by Gasteiger charge is 2.35. The number of nitro benzene ring substituents is 1. The Labute approximate surface area is 106 Å². The van der Waals surface area contributed by atoms with Crippen LogP contribution in [-0.4, -0.2) is 28.5 Å². The second-order valence-electron chi connectivity index (χ2n) is 4.14. The van der Waals surface area contributed by atoms with E-state index in [-0.39, 0.29) is 18.7 Å². The number of rotatable bonds is 3. The van der Waals surface area contributed by atoms with Crippen molar-refractivity contribution < 1.29 is 24.0 Å². The molecule has 1 atom stereocenters. The van der Waals surface area contributed by atoms with Gasteiger partial charge >= 0.3 is 11.7 Å². The van der Waals surface area contributed by atoms with Crippen LogP contribution in [-0.2, 0) is 9.59 Å². The Balaban J connectivity index is 2.33. The summed E-state index contributed by atoms with van der Waals surface area (Å²) in [5.74, 6) is -3.41. The number of carbonyl (C=O) groups excluding carboxylic acids is 1. The monoisotopic (exact) mass is 268 g/mol. The van der Waals surface area contributed by atoms with Crippen molar-refractivity contribution in [1.29, 1.82) is 0 Å². The molecule has 1 aliphatic rings. The molecule has 1 fully saturated rings. The molecule has 0 aromatic heterocycles. The van der Waals surface area contributed by atoms with Crippen LogP contribution >= 0.6 is 0 Å². The largest absolute Gasteiger partial charge is 0.481 e. The third-order valence-electron chi connectivity index (χ3n) is 2.91. The molecule has 8 heteroatoms. The number of carboxylic acids is 1. The fourth-order valence-corrected chi connectivity index (χ4v) is 1.93. The average Bonchev–Trinajstić information content (AvgIpc) is 2.72. The van der Waals surface area contributed by atoms with Crippen molar-refractivity contribution in [2.45, 2.75) is 6.42 Å². The molecule has 0 aliphatic carbocycles. The van der Waals surface area contributed by atoms with Crippen LogP contribution in [0.15, 0.2) is 18.2 Å². The van der Waals surface area contributed by atoms with Gasteiger partial charge in [-0.3, -0.25) is 19.7 Å². The minimum absolute atomic E-state index is 0.0725. The molecule has 1 aromatic rings. The maximum atomic E-state index is 13.2. The molecule has 1 heterocycles. The molecule has 1 amide bonds. The minimum Gasteiger partial charge on any atom is -0.481 e. The van der Waals surface area contributed by atoms with Crippen molar-refractivity contribution in [1.82, 2.24) is 0 Å². The summed E-state index contributed by atoms with van der Waals surface area (Å²) in [7, 11) is 0. The molecule has 100 valence electrons. The summed E-state index contributed by atoms with van der Waals surface area (Å²) in [4.78, 5) is 33.3. The van der Waals surface area contributed by atoms with Gasteiger partial charge in [-0.2, -0.15) is 4.39 Å². The normalized spacial score (nSPS) is 18.7. The number of aliphatic carboxylic acids is 1.